The van der Waals surface area contributed by atoms with Crippen LogP contribution >= 0.6 is 0 Å². The molecule has 1 heterocycles. The van der Waals surface area contributed by atoms with Crippen molar-refractivity contribution in [3.05, 3.63) is 41.2 Å². The summed E-state index contributed by atoms with van der Waals surface area (Å²) in [6.07, 6.45) is 7.91. The van der Waals surface area contributed by atoms with Crippen LogP contribution in [-0.2, 0) is 6.61 Å². The highest BCUT2D eigenvalue weighted by Gasteiger charge is 1.98. The lowest BCUT2D eigenvalue weighted by atomic mass is 10.2. The van der Waals surface area contributed by atoms with Gasteiger partial charge in [0.05, 0.1) is 6.61 Å². The van der Waals surface area contributed by atoms with E-state index in [9.17, 15) is 0 Å². The first-order valence-electron chi connectivity index (χ1n) is 4.36. The minimum Gasteiger partial charge on any atom is -0.390 e. The van der Waals surface area contributed by atoms with Crippen LogP contribution in [0.5, 0.6) is 0 Å². The van der Waals surface area contributed by atoms with Gasteiger partial charge in [-0.3, -0.25) is 0 Å². The Hall–Kier alpha value is -1.28. The van der Waals surface area contributed by atoms with E-state index in [1.807, 2.05) is 44.2 Å². The molecule has 0 radical (unpaired) electrons. The molecule has 1 rings (SSSR count). The fourth-order valence-electron chi connectivity index (χ4n) is 1.17. The minimum atomic E-state index is 0.0678. The molecule has 0 aromatic carbocycles. The summed E-state index contributed by atoms with van der Waals surface area (Å²) in [7, 11) is 0. The second-order valence-electron chi connectivity index (χ2n) is 2.93. The normalized spacial score (nSPS) is 11.9. The van der Waals surface area contributed by atoms with E-state index < -0.39 is 0 Å². The Morgan fingerprint density at radius 2 is 2.23 bits per heavy atom. The van der Waals surface area contributed by atoms with Gasteiger partial charge in [-0.2, -0.15) is 0 Å². The van der Waals surface area contributed by atoms with Gasteiger partial charge < -0.3 is 10.1 Å². The fraction of sp³-hybridized carbons (Fsp3) is 0.273. The summed E-state index contributed by atoms with van der Waals surface area (Å²) >= 11 is 0. The zero-order valence-corrected chi connectivity index (χ0v) is 8.04. The second kappa shape index (κ2) is 4.67. The quantitative estimate of drug-likeness (QED) is 0.683. The molecule has 0 bridgehead atoms. The van der Waals surface area contributed by atoms with E-state index in [2.05, 4.69) is 4.98 Å². The molecule has 2 nitrogen and oxygen atoms in total. The number of H-pyrrole nitrogens is 1. The molecule has 2 heteroatoms. The van der Waals surface area contributed by atoms with Gasteiger partial charge in [0.2, 0.25) is 0 Å². The number of rotatable bonds is 3. The van der Waals surface area contributed by atoms with Crippen molar-refractivity contribution >= 4 is 6.08 Å². The third-order valence-corrected chi connectivity index (χ3v) is 1.85. The molecule has 0 spiro atoms. The maximum atomic E-state index is 8.88. The van der Waals surface area contributed by atoms with E-state index in [0.717, 1.165) is 17.0 Å². The number of allylic oxidation sites excluding steroid dienone is 3. The van der Waals surface area contributed by atoms with Gasteiger partial charge in [0.25, 0.3) is 0 Å². The highest BCUT2D eigenvalue weighted by Crippen LogP contribution is 2.11. The molecule has 0 aliphatic heterocycles. The van der Waals surface area contributed by atoms with Gasteiger partial charge in [0, 0.05) is 11.4 Å². The molecule has 0 aliphatic carbocycles. The van der Waals surface area contributed by atoms with Gasteiger partial charge in [-0.05, 0) is 31.6 Å². The minimum absolute atomic E-state index is 0.0678. The lowest BCUT2D eigenvalue weighted by Gasteiger charge is -1.88. The summed E-state index contributed by atoms with van der Waals surface area (Å²) in [5.74, 6) is 0. The molecule has 13 heavy (non-hydrogen) atoms. The Bertz CT molecular complexity index is 321. The first kappa shape index (κ1) is 9.81. The summed E-state index contributed by atoms with van der Waals surface area (Å²) < 4.78 is 0. The van der Waals surface area contributed by atoms with Crippen LogP contribution in [-0.4, -0.2) is 10.1 Å². The summed E-state index contributed by atoms with van der Waals surface area (Å²) in [4.78, 5) is 3.12. The molecule has 0 unspecified atom stereocenters. The highest BCUT2D eigenvalue weighted by atomic mass is 16.3. The van der Waals surface area contributed by atoms with E-state index in [4.69, 9.17) is 5.11 Å². The number of aliphatic hydroxyl groups excluding tert-OH is 1. The van der Waals surface area contributed by atoms with E-state index in [0.29, 0.717) is 0 Å². The average Bonchev–Trinajstić information content (AvgIpc) is 2.48. The summed E-state index contributed by atoms with van der Waals surface area (Å²) in [6, 6.07) is 1.95. The molecule has 1 aromatic heterocycles. The van der Waals surface area contributed by atoms with Crippen LogP contribution in [0.4, 0.5) is 0 Å². The van der Waals surface area contributed by atoms with Crippen LogP contribution in [0.1, 0.15) is 23.9 Å². The largest absolute Gasteiger partial charge is 0.390 e. The lowest BCUT2D eigenvalue weighted by molar-refractivity contribution is 0.277. The van der Waals surface area contributed by atoms with Gasteiger partial charge >= 0.3 is 0 Å². The van der Waals surface area contributed by atoms with Crippen molar-refractivity contribution in [1.82, 2.24) is 4.98 Å². The molecule has 0 amide bonds. The fourth-order valence-corrected chi connectivity index (χ4v) is 1.17. The highest BCUT2D eigenvalue weighted by molar-refractivity contribution is 5.52. The van der Waals surface area contributed by atoms with Gasteiger partial charge in [0.15, 0.2) is 0 Å². The first-order chi connectivity index (χ1) is 6.27. The van der Waals surface area contributed by atoms with Crippen molar-refractivity contribution < 1.29 is 5.11 Å². The van der Waals surface area contributed by atoms with Crippen LogP contribution in [0.15, 0.2) is 24.3 Å². The molecule has 1 aromatic rings. The lowest BCUT2D eigenvalue weighted by Crippen LogP contribution is -1.80. The number of hydrogen-bond donors (Lipinski definition) is 2. The molecule has 0 atom stereocenters. The molecule has 2 N–H and O–H groups in total. The number of nitrogens with one attached hydrogen (secondary N) is 1. The van der Waals surface area contributed by atoms with Crippen molar-refractivity contribution in [3.8, 4) is 0 Å². The molecule has 0 saturated carbocycles. The zero-order valence-electron chi connectivity index (χ0n) is 8.04. The summed E-state index contributed by atoms with van der Waals surface area (Å²) in [5, 5.41) is 8.88. The Morgan fingerprint density at radius 3 is 2.77 bits per heavy atom. The maximum Gasteiger partial charge on any atom is 0.0831 e. The molecular weight excluding hydrogens is 162 g/mol. The summed E-state index contributed by atoms with van der Waals surface area (Å²) in [5.41, 5.74) is 3.07. The number of aryl methyl sites for hydroxylation is 1. The smallest absolute Gasteiger partial charge is 0.0831 e. The predicted molar refractivity (Wildman–Crippen MR) is 55.3 cm³/mol. The number of hydrogen-bond acceptors (Lipinski definition) is 1. The standard InChI is InChI=1S/C11H15NO/c1-3-4-5-6-11-9(2)7-10(8-13)12-11/h3-7,12-13H,8H2,1-2H3/b4-3-,6-5-. The Labute approximate surface area is 78.6 Å². The van der Waals surface area contributed by atoms with Crippen LogP contribution in [0.25, 0.3) is 6.08 Å². The number of aromatic amines is 1. The summed E-state index contributed by atoms with van der Waals surface area (Å²) in [6.45, 7) is 4.06. The molecule has 0 fully saturated rings. The average molecular weight is 177 g/mol. The Balaban J connectivity index is 2.82. The topological polar surface area (TPSA) is 36.0 Å². The molecule has 70 valence electrons. The van der Waals surface area contributed by atoms with Gasteiger partial charge in [-0.15, -0.1) is 0 Å². The molecular formula is C11H15NO. The Kier molecular flexibility index (Phi) is 3.53. The second-order valence-corrected chi connectivity index (χ2v) is 2.93. The zero-order chi connectivity index (χ0) is 9.68. The van der Waals surface area contributed by atoms with Crippen LogP contribution in [0.3, 0.4) is 0 Å². The molecule has 0 aliphatic rings. The predicted octanol–water partition coefficient (Wildman–Crippen LogP) is 2.40. The maximum absolute atomic E-state index is 8.88. The van der Waals surface area contributed by atoms with E-state index in [-0.39, 0.29) is 6.61 Å². The van der Waals surface area contributed by atoms with Crippen LogP contribution < -0.4 is 0 Å². The number of aliphatic hydroxyl groups is 1. The third-order valence-electron chi connectivity index (χ3n) is 1.85. The third kappa shape index (κ3) is 2.60. The number of aromatic nitrogens is 1. The van der Waals surface area contributed by atoms with Crippen LogP contribution in [0.2, 0.25) is 0 Å². The monoisotopic (exact) mass is 177 g/mol. The van der Waals surface area contributed by atoms with Gasteiger partial charge in [-0.25, -0.2) is 0 Å². The first-order valence-corrected chi connectivity index (χ1v) is 4.36. The molecule has 0 saturated heterocycles. The van der Waals surface area contributed by atoms with Crippen LogP contribution in [0, 0.1) is 6.92 Å². The van der Waals surface area contributed by atoms with E-state index in [1.54, 1.807) is 0 Å². The Morgan fingerprint density at radius 1 is 1.46 bits per heavy atom. The van der Waals surface area contributed by atoms with E-state index >= 15 is 0 Å². The van der Waals surface area contributed by atoms with Crippen molar-refractivity contribution in [3.63, 3.8) is 0 Å². The van der Waals surface area contributed by atoms with Crippen molar-refractivity contribution in [2.45, 2.75) is 20.5 Å². The van der Waals surface area contributed by atoms with E-state index in [1.165, 1.54) is 0 Å². The van der Waals surface area contributed by atoms with Crippen molar-refractivity contribution in [1.29, 1.82) is 0 Å². The van der Waals surface area contributed by atoms with Gasteiger partial charge in [0.1, 0.15) is 0 Å². The SMILES string of the molecule is C/C=C\C=C/c1[nH]c(CO)cc1C. The van der Waals surface area contributed by atoms with Crippen molar-refractivity contribution in [2.75, 3.05) is 0 Å². The van der Waals surface area contributed by atoms with Gasteiger partial charge in [-0.1, -0.05) is 18.2 Å². The van der Waals surface area contributed by atoms with Crippen molar-refractivity contribution in [2.24, 2.45) is 0 Å².